The molecule has 3 heteroatoms. The Morgan fingerprint density at radius 3 is 2.69 bits per heavy atom. The number of carbonyl (C=O) groups is 1. The quantitative estimate of drug-likeness (QED) is 0.641. The average Bonchev–Trinajstić information content (AvgIpc) is 2.09. The van der Waals surface area contributed by atoms with Crippen LogP contribution in [-0.4, -0.2) is 18.2 Å². The molecular weight excluding hydrogens is 182 g/mol. The molecule has 0 atom stereocenters. The van der Waals surface area contributed by atoms with Crippen molar-refractivity contribution >= 4 is 17.7 Å². The fourth-order valence-corrected chi connectivity index (χ4v) is 1.32. The summed E-state index contributed by atoms with van der Waals surface area (Å²) in [4.78, 5) is 12.1. The molecule has 1 N–H and O–H groups in total. The van der Waals surface area contributed by atoms with E-state index in [1.54, 1.807) is 0 Å². The van der Waals surface area contributed by atoms with Gasteiger partial charge in [0.2, 0.25) is 5.91 Å². The summed E-state index contributed by atoms with van der Waals surface area (Å²) in [5, 5.41) is 2.87. The number of thioether (sulfide) groups is 1. The van der Waals surface area contributed by atoms with E-state index in [4.69, 9.17) is 0 Å². The van der Waals surface area contributed by atoms with E-state index in [-0.39, 0.29) is 5.91 Å². The monoisotopic (exact) mass is 201 g/mol. The number of amides is 1. The van der Waals surface area contributed by atoms with E-state index in [1.807, 2.05) is 6.92 Å². The number of allylic oxidation sites excluding steroid dienone is 1. The first kappa shape index (κ1) is 12.6. The van der Waals surface area contributed by atoms with Crippen molar-refractivity contribution in [3.8, 4) is 0 Å². The third-order valence-electron chi connectivity index (χ3n) is 1.55. The van der Waals surface area contributed by atoms with Gasteiger partial charge in [-0.05, 0) is 18.2 Å². The molecule has 0 fully saturated rings. The van der Waals surface area contributed by atoms with E-state index in [1.165, 1.54) is 24.6 Å². The maximum atomic E-state index is 11.1. The molecule has 13 heavy (non-hydrogen) atoms. The van der Waals surface area contributed by atoms with Crippen LogP contribution in [0.2, 0.25) is 0 Å². The molecule has 0 aromatic carbocycles. The lowest BCUT2D eigenvalue weighted by Crippen LogP contribution is -2.26. The van der Waals surface area contributed by atoms with Gasteiger partial charge in [-0.25, -0.2) is 0 Å². The molecule has 0 radical (unpaired) electrons. The van der Waals surface area contributed by atoms with Crippen LogP contribution in [0.15, 0.2) is 11.5 Å². The third kappa shape index (κ3) is 9.47. The van der Waals surface area contributed by atoms with Gasteiger partial charge in [-0.3, -0.25) is 4.79 Å². The van der Waals surface area contributed by atoms with Gasteiger partial charge >= 0.3 is 0 Å². The van der Waals surface area contributed by atoms with Crippen molar-refractivity contribution < 1.29 is 4.79 Å². The van der Waals surface area contributed by atoms with Gasteiger partial charge < -0.3 is 5.32 Å². The maximum absolute atomic E-state index is 11.1. The highest BCUT2D eigenvalue weighted by atomic mass is 32.2. The van der Waals surface area contributed by atoms with E-state index < -0.39 is 0 Å². The van der Waals surface area contributed by atoms with Crippen LogP contribution in [0.4, 0.5) is 0 Å². The molecule has 0 rings (SSSR count). The lowest BCUT2D eigenvalue weighted by Gasteiger charge is -2.03. The lowest BCUT2D eigenvalue weighted by atomic mass is 10.2. The first-order chi connectivity index (χ1) is 6.16. The first-order valence-electron chi connectivity index (χ1n) is 4.71. The van der Waals surface area contributed by atoms with Gasteiger partial charge in [-0.2, -0.15) is 0 Å². The smallest absolute Gasteiger partial charge is 0.230 e. The van der Waals surface area contributed by atoms with E-state index in [9.17, 15) is 4.79 Å². The van der Waals surface area contributed by atoms with Gasteiger partial charge in [-0.1, -0.05) is 26.3 Å². The molecule has 2 nitrogen and oxygen atoms in total. The second-order valence-electron chi connectivity index (χ2n) is 3.05. The summed E-state index contributed by atoms with van der Waals surface area (Å²) in [6.45, 7) is 8.59. The highest BCUT2D eigenvalue weighted by molar-refractivity contribution is 8.03. The predicted octanol–water partition coefficient (Wildman–Crippen LogP) is 2.56. The molecule has 76 valence electrons. The van der Waals surface area contributed by atoms with E-state index in [2.05, 4.69) is 18.8 Å². The van der Waals surface area contributed by atoms with Crippen molar-refractivity contribution in [3.05, 3.63) is 11.5 Å². The minimum atomic E-state index is 0.115. The van der Waals surface area contributed by atoms with Gasteiger partial charge in [0.05, 0.1) is 5.75 Å². The fraction of sp³-hybridized carbons (Fsp3) is 0.700. The van der Waals surface area contributed by atoms with Crippen molar-refractivity contribution in [1.82, 2.24) is 5.32 Å². The predicted molar refractivity (Wildman–Crippen MR) is 59.8 cm³/mol. The Balaban J connectivity index is 3.25. The van der Waals surface area contributed by atoms with Crippen molar-refractivity contribution in [1.29, 1.82) is 0 Å². The van der Waals surface area contributed by atoms with Gasteiger partial charge in [0.25, 0.3) is 0 Å². The zero-order chi connectivity index (χ0) is 10.1. The summed E-state index contributed by atoms with van der Waals surface area (Å²) in [6.07, 6.45) is 3.46. The standard InChI is InChI=1S/C10H19NOS/c1-4-5-6-7-11-10(12)8-13-9(2)3/h2,4-8H2,1,3H3,(H,11,12). The van der Waals surface area contributed by atoms with Crippen LogP contribution in [0.1, 0.15) is 33.1 Å². The Hall–Kier alpha value is -0.440. The molecule has 0 saturated heterocycles. The topological polar surface area (TPSA) is 29.1 Å². The largest absolute Gasteiger partial charge is 0.355 e. The van der Waals surface area contributed by atoms with Crippen LogP contribution in [0.3, 0.4) is 0 Å². The average molecular weight is 201 g/mol. The SMILES string of the molecule is C=C(C)SCC(=O)NCCCCC. The van der Waals surface area contributed by atoms with E-state index in [0.717, 1.165) is 17.9 Å². The molecule has 0 aromatic heterocycles. The molecule has 0 saturated carbocycles. The number of carbonyl (C=O) groups excluding carboxylic acids is 1. The number of hydrogen-bond acceptors (Lipinski definition) is 2. The van der Waals surface area contributed by atoms with Crippen molar-refractivity contribution in [2.45, 2.75) is 33.1 Å². The van der Waals surface area contributed by atoms with Crippen LogP contribution in [-0.2, 0) is 4.79 Å². The molecule has 1 amide bonds. The minimum absolute atomic E-state index is 0.115. The second kappa shape index (κ2) is 8.17. The fourth-order valence-electron chi connectivity index (χ4n) is 0.843. The Kier molecular flexibility index (Phi) is 7.90. The Morgan fingerprint density at radius 1 is 1.46 bits per heavy atom. The molecule has 0 aliphatic heterocycles. The Bertz CT molecular complexity index is 168. The normalized spacial score (nSPS) is 9.69. The molecule has 0 unspecified atom stereocenters. The molecule has 0 aromatic rings. The minimum Gasteiger partial charge on any atom is -0.355 e. The number of rotatable bonds is 7. The first-order valence-corrected chi connectivity index (χ1v) is 5.70. The lowest BCUT2D eigenvalue weighted by molar-refractivity contribution is -0.118. The van der Waals surface area contributed by atoms with Gasteiger partial charge in [0.15, 0.2) is 0 Å². The summed E-state index contributed by atoms with van der Waals surface area (Å²) >= 11 is 1.50. The van der Waals surface area contributed by atoms with Gasteiger partial charge in [0.1, 0.15) is 0 Å². The number of nitrogens with one attached hydrogen (secondary N) is 1. The Labute approximate surface area is 85.2 Å². The molecular formula is C10H19NOS. The summed E-state index contributed by atoms with van der Waals surface area (Å²) in [5.41, 5.74) is 0. The molecule has 0 bridgehead atoms. The Morgan fingerprint density at radius 2 is 2.15 bits per heavy atom. The summed E-state index contributed by atoms with van der Waals surface area (Å²) in [7, 11) is 0. The maximum Gasteiger partial charge on any atom is 0.230 e. The van der Waals surface area contributed by atoms with Crippen LogP contribution in [0.25, 0.3) is 0 Å². The van der Waals surface area contributed by atoms with Crippen LogP contribution < -0.4 is 5.32 Å². The number of unbranched alkanes of at least 4 members (excludes halogenated alkanes) is 2. The van der Waals surface area contributed by atoms with Crippen molar-refractivity contribution in [2.24, 2.45) is 0 Å². The molecule has 0 heterocycles. The zero-order valence-electron chi connectivity index (χ0n) is 8.56. The summed E-state index contributed by atoms with van der Waals surface area (Å²) in [6, 6.07) is 0. The van der Waals surface area contributed by atoms with Crippen LogP contribution in [0.5, 0.6) is 0 Å². The highest BCUT2D eigenvalue weighted by Crippen LogP contribution is 2.10. The van der Waals surface area contributed by atoms with Crippen molar-refractivity contribution in [2.75, 3.05) is 12.3 Å². The molecule has 0 aliphatic carbocycles. The van der Waals surface area contributed by atoms with E-state index in [0.29, 0.717) is 5.75 Å². The molecule has 0 spiro atoms. The zero-order valence-corrected chi connectivity index (χ0v) is 9.38. The van der Waals surface area contributed by atoms with Gasteiger partial charge in [0, 0.05) is 6.54 Å². The van der Waals surface area contributed by atoms with Gasteiger partial charge in [-0.15, -0.1) is 11.8 Å². The third-order valence-corrected chi connectivity index (χ3v) is 2.45. The summed E-state index contributed by atoms with van der Waals surface area (Å²) in [5.74, 6) is 0.616. The van der Waals surface area contributed by atoms with Crippen molar-refractivity contribution in [3.63, 3.8) is 0 Å². The van der Waals surface area contributed by atoms with Crippen LogP contribution in [0, 0.1) is 0 Å². The number of hydrogen-bond donors (Lipinski definition) is 1. The second-order valence-corrected chi connectivity index (χ2v) is 4.32. The van der Waals surface area contributed by atoms with Crippen LogP contribution >= 0.6 is 11.8 Å². The highest BCUT2D eigenvalue weighted by Gasteiger charge is 1.99. The summed E-state index contributed by atoms with van der Waals surface area (Å²) < 4.78 is 0. The van der Waals surface area contributed by atoms with E-state index >= 15 is 0 Å². The molecule has 0 aliphatic rings.